The van der Waals surface area contributed by atoms with E-state index in [9.17, 15) is 9.59 Å². The van der Waals surface area contributed by atoms with Gasteiger partial charge < -0.3 is 10.6 Å². The Morgan fingerprint density at radius 3 is 2.54 bits per heavy atom. The molecule has 0 radical (unpaired) electrons. The van der Waals surface area contributed by atoms with Crippen molar-refractivity contribution in [1.29, 1.82) is 0 Å². The summed E-state index contributed by atoms with van der Waals surface area (Å²) in [6.45, 7) is 6.93. The van der Waals surface area contributed by atoms with Gasteiger partial charge in [0.15, 0.2) is 0 Å². The summed E-state index contributed by atoms with van der Waals surface area (Å²) in [5, 5.41) is 7.98. The summed E-state index contributed by atoms with van der Waals surface area (Å²) in [5.74, 6) is 1.12. The van der Waals surface area contributed by atoms with E-state index < -0.39 is 6.04 Å². The Hall–Kier alpha value is -1.36. The van der Waals surface area contributed by atoms with Crippen LogP contribution >= 0.6 is 11.3 Å². The highest BCUT2D eigenvalue weighted by Crippen LogP contribution is 2.28. The largest absolute Gasteiger partial charge is 0.349 e. The minimum atomic E-state index is -0.434. The summed E-state index contributed by atoms with van der Waals surface area (Å²) in [4.78, 5) is 26.2. The highest BCUT2D eigenvalue weighted by Gasteiger charge is 2.28. The number of hydrogen-bond donors (Lipinski definition) is 2. The summed E-state index contributed by atoms with van der Waals surface area (Å²) in [6, 6.07) is 3.55. The minimum Gasteiger partial charge on any atom is -0.349 e. The zero-order valence-electron chi connectivity index (χ0n) is 15.0. The van der Waals surface area contributed by atoms with E-state index in [1.54, 1.807) is 11.3 Å². The van der Waals surface area contributed by atoms with Crippen LogP contribution in [0.3, 0.4) is 0 Å². The van der Waals surface area contributed by atoms with Gasteiger partial charge >= 0.3 is 0 Å². The van der Waals surface area contributed by atoms with Gasteiger partial charge in [-0.1, -0.05) is 26.8 Å². The van der Waals surface area contributed by atoms with Crippen LogP contribution in [0.5, 0.6) is 0 Å². The maximum absolute atomic E-state index is 12.5. The molecule has 0 saturated heterocycles. The van der Waals surface area contributed by atoms with Gasteiger partial charge in [-0.05, 0) is 55.4 Å². The Balaban J connectivity index is 1.89. The van der Waals surface area contributed by atoms with Crippen molar-refractivity contribution in [2.24, 2.45) is 17.8 Å². The fourth-order valence-corrected chi connectivity index (χ4v) is 3.87. The lowest BCUT2D eigenvalue weighted by molar-refractivity contribution is -0.132. The van der Waals surface area contributed by atoms with Crippen LogP contribution in [0.2, 0.25) is 0 Å². The van der Waals surface area contributed by atoms with E-state index >= 15 is 0 Å². The lowest BCUT2D eigenvalue weighted by atomic mass is 9.82. The van der Waals surface area contributed by atoms with E-state index in [0.29, 0.717) is 18.9 Å². The van der Waals surface area contributed by atoms with Crippen molar-refractivity contribution in [2.75, 3.05) is 0 Å². The van der Waals surface area contributed by atoms with Crippen molar-refractivity contribution in [1.82, 2.24) is 10.6 Å². The van der Waals surface area contributed by atoms with Crippen LogP contribution in [0.25, 0.3) is 0 Å². The maximum atomic E-state index is 12.5. The Bertz CT molecular complexity index is 519. The molecule has 1 aliphatic rings. The molecule has 1 heterocycles. The van der Waals surface area contributed by atoms with Crippen molar-refractivity contribution in [2.45, 2.75) is 65.5 Å². The summed E-state index contributed by atoms with van der Waals surface area (Å²) in [6.07, 6.45) is 4.77. The highest BCUT2D eigenvalue weighted by atomic mass is 32.1. The molecule has 2 rings (SSSR count). The van der Waals surface area contributed by atoms with E-state index in [1.165, 1.54) is 0 Å². The van der Waals surface area contributed by atoms with Crippen LogP contribution < -0.4 is 10.6 Å². The summed E-state index contributed by atoms with van der Waals surface area (Å²) < 4.78 is 0. The molecular weight excluding hydrogens is 320 g/mol. The molecule has 5 heteroatoms. The number of amides is 2. The van der Waals surface area contributed by atoms with Crippen LogP contribution in [0.1, 0.15) is 57.8 Å². The average Bonchev–Trinajstić information content (AvgIpc) is 3.05. The molecular formula is C19H30N2O2S. The van der Waals surface area contributed by atoms with Gasteiger partial charge in [0.25, 0.3) is 0 Å². The second kappa shape index (κ2) is 9.21. The predicted molar refractivity (Wildman–Crippen MR) is 98.7 cm³/mol. The number of hydrogen-bond acceptors (Lipinski definition) is 3. The number of carbonyl (C=O) groups excluding carboxylic acids is 2. The van der Waals surface area contributed by atoms with Crippen molar-refractivity contribution in [3.8, 4) is 0 Å². The first-order valence-corrected chi connectivity index (χ1v) is 9.94. The molecule has 1 atom stereocenters. The average molecular weight is 351 g/mol. The lowest BCUT2D eigenvalue weighted by Crippen LogP contribution is -2.49. The smallest absolute Gasteiger partial charge is 0.242 e. The first-order valence-electron chi connectivity index (χ1n) is 9.06. The third-order valence-corrected chi connectivity index (χ3v) is 5.62. The second-order valence-electron chi connectivity index (χ2n) is 7.44. The van der Waals surface area contributed by atoms with E-state index in [2.05, 4.69) is 31.4 Å². The molecule has 1 fully saturated rings. The predicted octanol–water partition coefficient (Wildman–Crippen LogP) is 3.72. The zero-order valence-corrected chi connectivity index (χ0v) is 15.8. The Labute approximate surface area is 149 Å². The number of nitrogens with one attached hydrogen (secondary N) is 2. The van der Waals surface area contributed by atoms with Crippen LogP contribution in [0, 0.1) is 17.8 Å². The van der Waals surface area contributed by atoms with Gasteiger partial charge in [-0.15, -0.1) is 11.3 Å². The normalized spacial score (nSPS) is 22.2. The van der Waals surface area contributed by atoms with Crippen LogP contribution in [0.15, 0.2) is 17.5 Å². The number of rotatable bonds is 7. The molecule has 0 bridgehead atoms. The van der Waals surface area contributed by atoms with E-state index in [4.69, 9.17) is 0 Å². The van der Waals surface area contributed by atoms with Gasteiger partial charge in [-0.25, -0.2) is 0 Å². The fourth-order valence-electron chi connectivity index (χ4n) is 3.23. The fraction of sp³-hybridized carbons (Fsp3) is 0.684. The Morgan fingerprint density at radius 1 is 1.25 bits per heavy atom. The molecule has 2 N–H and O–H groups in total. The molecule has 1 aliphatic carbocycles. The van der Waals surface area contributed by atoms with Crippen molar-refractivity contribution in [3.05, 3.63) is 22.4 Å². The van der Waals surface area contributed by atoms with Gasteiger partial charge in [0.1, 0.15) is 6.04 Å². The van der Waals surface area contributed by atoms with Crippen LogP contribution in [-0.4, -0.2) is 17.9 Å². The molecule has 134 valence electrons. The molecule has 1 unspecified atom stereocenters. The monoisotopic (exact) mass is 350 g/mol. The highest BCUT2D eigenvalue weighted by molar-refractivity contribution is 7.09. The van der Waals surface area contributed by atoms with Crippen molar-refractivity contribution < 1.29 is 9.59 Å². The van der Waals surface area contributed by atoms with Gasteiger partial charge in [0.05, 0.1) is 6.54 Å². The van der Waals surface area contributed by atoms with E-state index in [1.807, 2.05) is 17.5 Å². The Morgan fingerprint density at radius 2 is 1.96 bits per heavy atom. The standard InChI is InChI=1S/C19H30N2O2S/c1-13(2)11-17(19(23)20-12-16-5-4-10-24-16)21-18(22)15-8-6-14(3)7-9-15/h4-5,10,13-15,17H,6-9,11-12H2,1-3H3,(H,20,23)(H,21,22). The SMILES string of the molecule is CC(C)CC(NC(=O)C1CCC(C)CC1)C(=O)NCc1cccs1. The number of thiophene rings is 1. The van der Waals surface area contributed by atoms with Gasteiger partial charge in [0.2, 0.25) is 11.8 Å². The maximum Gasteiger partial charge on any atom is 0.242 e. The van der Waals surface area contributed by atoms with Crippen LogP contribution in [0.4, 0.5) is 0 Å². The zero-order chi connectivity index (χ0) is 17.5. The Kier molecular flexibility index (Phi) is 7.28. The molecule has 1 aromatic rings. The molecule has 1 aromatic heterocycles. The van der Waals surface area contributed by atoms with Crippen molar-refractivity contribution in [3.63, 3.8) is 0 Å². The lowest BCUT2D eigenvalue weighted by Gasteiger charge is -2.27. The minimum absolute atomic E-state index is 0.0545. The molecule has 4 nitrogen and oxygen atoms in total. The van der Waals surface area contributed by atoms with E-state index in [-0.39, 0.29) is 17.7 Å². The summed E-state index contributed by atoms with van der Waals surface area (Å²) in [5.41, 5.74) is 0. The molecule has 1 saturated carbocycles. The van der Waals surface area contributed by atoms with E-state index in [0.717, 1.165) is 36.5 Å². The van der Waals surface area contributed by atoms with Gasteiger partial charge in [0, 0.05) is 10.8 Å². The third-order valence-electron chi connectivity index (χ3n) is 4.74. The molecule has 2 amide bonds. The topological polar surface area (TPSA) is 58.2 Å². The molecule has 0 spiro atoms. The van der Waals surface area contributed by atoms with Gasteiger partial charge in [-0.3, -0.25) is 9.59 Å². The number of carbonyl (C=O) groups is 2. The molecule has 0 aliphatic heterocycles. The molecule has 0 aromatic carbocycles. The first-order chi connectivity index (χ1) is 11.5. The summed E-state index contributed by atoms with van der Waals surface area (Å²) in [7, 11) is 0. The van der Waals surface area contributed by atoms with Gasteiger partial charge in [-0.2, -0.15) is 0 Å². The quantitative estimate of drug-likeness (QED) is 0.787. The molecule has 24 heavy (non-hydrogen) atoms. The summed E-state index contributed by atoms with van der Waals surface area (Å²) >= 11 is 1.63. The van der Waals surface area contributed by atoms with Crippen molar-refractivity contribution >= 4 is 23.2 Å². The second-order valence-corrected chi connectivity index (χ2v) is 8.48. The first kappa shape index (κ1) is 19.0. The van der Waals surface area contributed by atoms with Crippen LogP contribution in [-0.2, 0) is 16.1 Å². The third kappa shape index (κ3) is 5.93.